The van der Waals surface area contributed by atoms with E-state index >= 15 is 0 Å². The van der Waals surface area contributed by atoms with E-state index in [9.17, 15) is 13.2 Å². The van der Waals surface area contributed by atoms with Gasteiger partial charge in [0.25, 0.3) is 0 Å². The van der Waals surface area contributed by atoms with Crippen LogP contribution in [0.15, 0.2) is 18.2 Å². The zero-order valence-electron chi connectivity index (χ0n) is 7.20. The minimum Gasteiger partial charge on any atom is -0.169 e. The van der Waals surface area contributed by atoms with Gasteiger partial charge in [-0.25, -0.2) is 0 Å². The molecule has 0 fully saturated rings. The highest BCUT2D eigenvalue weighted by Gasteiger charge is 2.38. The summed E-state index contributed by atoms with van der Waals surface area (Å²) in [7, 11) is 0. The summed E-state index contributed by atoms with van der Waals surface area (Å²) < 4.78 is 36.8. The van der Waals surface area contributed by atoms with Crippen LogP contribution in [0.3, 0.4) is 0 Å². The Balaban J connectivity index is 3.03. The third-order valence-electron chi connectivity index (χ3n) is 1.78. The summed E-state index contributed by atoms with van der Waals surface area (Å²) in [5, 5.41) is 0.344. The molecule has 1 rings (SSSR count). The average molecular weight is 288 g/mol. The molecule has 0 radical (unpaired) electrons. The summed E-state index contributed by atoms with van der Waals surface area (Å²) in [4.78, 5) is -1.66. The number of aryl methyl sites for hydroxylation is 1. The lowest BCUT2D eigenvalue weighted by Crippen LogP contribution is -2.15. The zero-order valence-corrected chi connectivity index (χ0v) is 9.54. The summed E-state index contributed by atoms with van der Waals surface area (Å²) in [6.45, 7) is 1.74. The molecule has 0 aliphatic carbocycles. The van der Waals surface area contributed by atoms with Crippen molar-refractivity contribution in [2.75, 3.05) is 0 Å². The van der Waals surface area contributed by atoms with Crippen molar-refractivity contribution in [1.29, 1.82) is 0 Å². The first-order valence-corrected chi connectivity index (χ1v) is 5.08. The Morgan fingerprint density at radius 2 is 1.93 bits per heavy atom. The number of hydrogen-bond donors (Lipinski definition) is 0. The van der Waals surface area contributed by atoms with E-state index in [1.54, 1.807) is 13.0 Å². The van der Waals surface area contributed by atoms with Gasteiger partial charge in [-0.2, -0.15) is 13.2 Å². The van der Waals surface area contributed by atoms with Gasteiger partial charge in [0.15, 0.2) is 0 Å². The zero-order chi connectivity index (χ0) is 10.9. The molecule has 0 aromatic heterocycles. The number of hydrogen-bond acceptors (Lipinski definition) is 0. The van der Waals surface area contributed by atoms with Crippen molar-refractivity contribution in [3.8, 4) is 0 Å². The second-order valence-corrected chi connectivity index (χ2v) is 4.24. The maximum atomic E-state index is 12.3. The Kier molecular flexibility index (Phi) is 3.48. The van der Waals surface area contributed by atoms with Crippen LogP contribution in [-0.2, 0) is 0 Å². The molecule has 1 aromatic rings. The van der Waals surface area contributed by atoms with E-state index in [0.717, 1.165) is 5.56 Å². The Labute approximate surface area is 93.2 Å². The molecule has 0 unspecified atom stereocenters. The molecule has 1 aromatic carbocycles. The van der Waals surface area contributed by atoms with Crippen molar-refractivity contribution in [3.05, 3.63) is 34.3 Å². The molecule has 0 saturated carbocycles. The molecule has 0 aliphatic rings. The fraction of sp³-hybridized carbons (Fsp3) is 0.333. The minimum atomic E-state index is -4.29. The highest BCUT2D eigenvalue weighted by Crippen LogP contribution is 2.40. The molecule has 5 heteroatoms. The van der Waals surface area contributed by atoms with E-state index in [4.69, 9.17) is 11.6 Å². The van der Waals surface area contributed by atoms with E-state index in [-0.39, 0.29) is 5.56 Å². The maximum absolute atomic E-state index is 12.3. The molecule has 0 bridgehead atoms. The average Bonchev–Trinajstić information content (AvgIpc) is 2.07. The second-order valence-electron chi connectivity index (χ2n) is 2.91. The Morgan fingerprint density at radius 3 is 2.36 bits per heavy atom. The molecule has 0 heterocycles. The molecule has 0 saturated heterocycles. The van der Waals surface area contributed by atoms with Crippen molar-refractivity contribution in [2.45, 2.75) is 17.9 Å². The first-order valence-electron chi connectivity index (χ1n) is 3.79. The lowest BCUT2D eigenvalue weighted by atomic mass is 10.1. The van der Waals surface area contributed by atoms with Gasteiger partial charge in [-0.3, -0.25) is 0 Å². The molecular weight excluding hydrogens is 280 g/mol. The van der Waals surface area contributed by atoms with Crippen molar-refractivity contribution < 1.29 is 13.2 Å². The lowest BCUT2D eigenvalue weighted by molar-refractivity contribution is -0.128. The van der Waals surface area contributed by atoms with Gasteiger partial charge >= 0.3 is 6.18 Å². The van der Waals surface area contributed by atoms with Gasteiger partial charge in [-0.1, -0.05) is 39.7 Å². The Hall–Kier alpha value is -0.220. The highest BCUT2D eigenvalue weighted by atomic mass is 79.9. The molecule has 0 nitrogen and oxygen atoms in total. The predicted octanol–water partition coefficient (Wildman–Crippen LogP) is 4.65. The molecule has 78 valence electrons. The standard InChI is InChI=1S/C9H7BrClF3/c1-5-2-3-6(4-7(5)11)8(10)9(12,13)14/h2-4,8H,1H3/t8-/m1/s1. The van der Waals surface area contributed by atoms with Crippen LogP contribution in [0.2, 0.25) is 5.02 Å². The highest BCUT2D eigenvalue weighted by molar-refractivity contribution is 9.09. The summed E-state index contributed by atoms with van der Waals surface area (Å²) in [5.74, 6) is 0. The summed E-state index contributed by atoms with van der Waals surface area (Å²) in [5.41, 5.74) is 0.880. The molecule has 14 heavy (non-hydrogen) atoms. The van der Waals surface area contributed by atoms with Crippen LogP contribution in [0.1, 0.15) is 16.0 Å². The van der Waals surface area contributed by atoms with Gasteiger partial charge in [0, 0.05) is 5.02 Å². The second kappa shape index (κ2) is 4.11. The van der Waals surface area contributed by atoms with Crippen LogP contribution < -0.4 is 0 Å². The fourth-order valence-corrected chi connectivity index (χ4v) is 1.43. The normalized spacial score (nSPS) is 14.1. The van der Waals surface area contributed by atoms with Gasteiger partial charge in [-0.15, -0.1) is 0 Å². The van der Waals surface area contributed by atoms with Gasteiger partial charge < -0.3 is 0 Å². The maximum Gasteiger partial charge on any atom is 0.405 e. The number of halogens is 5. The third kappa shape index (κ3) is 2.64. The van der Waals surface area contributed by atoms with Crippen LogP contribution in [0, 0.1) is 6.92 Å². The smallest absolute Gasteiger partial charge is 0.169 e. The van der Waals surface area contributed by atoms with Crippen LogP contribution >= 0.6 is 27.5 Å². The van der Waals surface area contributed by atoms with E-state index in [1.807, 2.05) is 0 Å². The topological polar surface area (TPSA) is 0 Å². The lowest BCUT2D eigenvalue weighted by Gasteiger charge is -2.14. The van der Waals surface area contributed by atoms with Crippen LogP contribution in [0.4, 0.5) is 13.2 Å². The Morgan fingerprint density at radius 1 is 1.36 bits per heavy atom. The molecule has 1 atom stereocenters. The quantitative estimate of drug-likeness (QED) is 0.660. The molecule has 0 amide bonds. The summed E-state index contributed by atoms with van der Waals surface area (Å²) >= 11 is 8.30. The van der Waals surface area contributed by atoms with E-state index in [2.05, 4.69) is 15.9 Å². The van der Waals surface area contributed by atoms with Crippen molar-refractivity contribution in [2.24, 2.45) is 0 Å². The molecule has 0 N–H and O–H groups in total. The number of benzene rings is 1. The predicted molar refractivity (Wildman–Crippen MR) is 53.9 cm³/mol. The van der Waals surface area contributed by atoms with Gasteiger partial charge in [-0.05, 0) is 24.1 Å². The van der Waals surface area contributed by atoms with Gasteiger partial charge in [0.2, 0.25) is 0 Å². The molecule has 0 spiro atoms. The van der Waals surface area contributed by atoms with Gasteiger partial charge in [0.05, 0.1) is 0 Å². The van der Waals surface area contributed by atoms with Gasteiger partial charge in [0.1, 0.15) is 4.83 Å². The molecular formula is C9H7BrClF3. The third-order valence-corrected chi connectivity index (χ3v) is 3.23. The van der Waals surface area contributed by atoms with Crippen LogP contribution in [0.5, 0.6) is 0 Å². The van der Waals surface area contributed by atoms with Crippen LogP contribution in [-0.4, -0.2) is 6.18 Å². The van der Waals surface area contributed by atoms with E-state index in [1.165, 1.54) is 12.1 Å². The summed E-state index contributed by atoms with van der Waals surface area (Å²) in [6, 6.07) is 4.30. The van der Waals surface area contributed by atoms with Crippen LogP contribution in [0.25, 0.3) is 0 Å². The monoisotopic (exact) mass is 286 g/mol. The van der Waals surface area contributed by atoms with E-state index in [0.29, 0.717) is 5.02 Å². The number of rotatable bonds is 1. The number of alkyl halides is 4. The minimum absolute atomic E-state index is 0.119. The first-order chi connectivity index (χ1) is 6.32. The largest absolute Gasteiger partial charge is 0.405 e. The first kappa shape index (κ1) is 11.9. The van der Waals surface area contributed by atoms with Crippen molar-refractivity contribution >= 4 is 27.5 Å². The molecule has 0 aliphatic heterocycles. The summed E-state index contributed by atoms with van der Waals surface area (Å²) in [6.07, 6.45) is -4.29. The Bertz CT molecular complexity index is 335. The van der Waals surface area contributed by atoms with Crippen molar-refractivity contribution in [1.82, 2.24) is 0 Å². The van der Waals surface area contributed by atoms with Crippen molar-refractivity contribution in [3.63, 3.8) is 0 Å². The SMILES string of the molecule is Cc1ccc([C@@H](Br)C(F)(F)F)cc1Cl. The van der Waals surface area contributed by atoms with E-state index < -0.39 is 11.0 Å². The fourth-order valence-electron chi connectivity index (χ4n) is 0.956.